The van der Waals surface area contributed by atoms with Gasteiger partial charge in [0.25, 0.3) is 0 Å². The Labute approximate surface area is 124 Å². The van der Waals surface area contributed by atoms with Crippen LogP contribution in [0.2, 0.25) is 0 Å². The van der Waals surface area contributed by atoms with Gasteiger partial charge in [0.2, 0.25) is 0 Å². The van der Waals surface area contributed by atoms with E-state index in [1.807, 2.05) is 6.92 Å². The Morgan fingerprint density at radius 3 is 3.00 bits per heavy atom. The summed E-state index contributed by atoms with van der Waals surface area (Å²) in [7, 11) is 0. The highest BCUT2D eigenvalue weighted by Crippen LogP contribution is 2.57. The third-order valence-electron chi connectivity index (χ3n) is 5.07. The van der Waals surface area contributed by atoms with Gasteiger partial charge in [-0.1, -0.05) is 0 Å². The molecule has 0 amide bonds. The molecule has 114 valence electrons. The maximum atomic E-state index is 12.1. The van der Waals surface area contributed by atoms with Gasteiger partial charge in [0.15, 0.2) is 5.69 Å². The zero-order valence-corrected chi connectivity index (χ0v) is 12.5. The Morgan fingerprint density at radius 1 is 1.43 bits per heavy atom. The molecular weight excluding hydrogens is 268 g/mol. The third kappa shape index (κ3) is 2.27. The minimum Gasteiger partial charge on any atom is -0.461 e. The van der Waals surface area contributed by atoms with Crippen LogP contribution in [0.15, 0.2) is 0 Å². The fraction of sp³-hybridized carbons (Fsp3) is 0.750. The van der Waals surface area contributed by atoms with Gasteiger partial charge in [-0.25, -0.2) is 4.79 Å². The quantitative estimate of drug-likeness (QED) is 0.797. The molecule has 0 bridgehead atoms. The molecule has 0 aromatic carbocycles. The average molecular weight is 290 g/mol. The molecule has 1 saturated carbocycles. The van der Waals surface area contributed by atoms with Crippen molar-refractivity contribution in [2.45, 2.75) is 45.1 Å². The number of nitrogens with zero attached hydrogens (tertiary/aromatic N) is 2. The first-order chi connectivity index (χ1) is 10.3. The molecule has 1 aliphatic heterocycles. The molecule has 1 aromatic heterocycles. The predicted molar refractivity (Wildman–Crippen MR) is 76.3 cm³/mol. The zero-order valence-electron chi connectivity index (χ0n) is 12.5. The van der Waals surface area contributed by atoms with Gasteiger partial charge in [-0.3, -0.25) is 4.68 Å². The van der Waals surface area contributed by atoms with E-state index in [-0.39, 0.29) is 5.97 Å². The van der Waals surface area contributed by atoms with Crippen molar-refractivity contribution in [3.8, 4) is 0 Å². The van der Waals surface area contributed by atoms with Crippen LogP contribution in [0.4, 0.5) is 0 Å². The van der Waals surface area contributed by atoms with Crippen LogP contribution in [0, 0.1) is 11.8 Å². The summed E-state index contributed by atoms with van der Waals surface area (Å²) in [6, 6.07) is 0. The first-order valence-corrected chi connectivity index (χ1v) is 8.12. The molecule has 5 nitrogen and oxygen atoms in total. The van der Waals surface area contributed by atoms with Gasteiger partial charge >= 0.3 is 5.97 Å². The lowest BCUT2D eigenvalue weighted by atomic mass is 10.0. The van der Waals surface area contributed by atoms with Crippen molar-refractivity contribution in [3.63, 3.8) is 0 Å². The van der Waals surface area contributed by atoms with E-state index in [1.165, 1.54) is 17.7 Å². The number of aromatic nitrogens is 2. The van der Waals surface area contributed by atoms with Crippen LogP contribution >= 0.6 is 0 Å². The highest BCUT2D eigenvalue weighted by molar-refractivity contribution is 5.89. The van der Waals surface area contributed by atoms with Crippen molar-refractivity contribution in [2.75, 3.05) is 19.8 Å². The lowest BCUT2D eigenvalue weighted by Crippen LogP contribution is -2.22. The van der Waals surface area contributed by atoms with E-state index in [2.05, 4.69) is 9.78 Å². The first-order valence-electron chi connectivity index (χ1n) is 8.12. The van der Waals surface area contributed by atoms with Crippen LogP contribution in [-0.4, -0.2) is 35.6 Å². The van der Waals surface area contributed by atoms with Crippen molar-refractivity contribution in [2.24, 2.45) is 11.8 Å². The van der Waals surface area contributed by atoms with Gasteiger partial charge in [-0.05, 0) is 44.4 Å². The number of fused-ring (bicyclic) bond motifs is 3. The van der Waals surface area contributed by atoms with Crippen LogP contribution in [0.25, 0.3) is 0 Å². The Morgan fingerprint density at radius 2 is 2.24 bits per heavy atom. The molecule has 0 spiro atoms. The molecule has 0 N–H and O–H groups in total. The van der Waals surface area contributed by atoms with E-state index in [0.717, 1.165) is 44.9 Å². The molecule has 2 atom stereocenters. The summed E-state index contributed by atoms with van der Waals surface area (Å²) in [6.07, 6.45) is 4.48. The van der Waals surface area contributed by atoms with E-state index >= 15 is 0 Å². The van der Waals surface area contributed by atoms with Gasteiger partial charge in [0.1, 0.15) is 0 Å². The van der Waals surface area contributed by atoms with Crippen molar-refractivity contribution in [1.82, 2.24) is 9.78 Å². The summed E-state index contributed by atoms with van der Waals surface area (Å²) < 4.78 is 12.7. The largest absolute Gasteiger partial charge is 0.461 e. The number of hydrogen-bond acceptors (Lipinski definition) is 4. The van der Waals surface area contributed by atoms with Crippen LogP contribution < -0.4 is 0 Å². The number of carbonyl (C=O) groups is 1. The highest BCUT2D eigenvalue weighted by atomic mass is 16.5. The molecule has 2 heterocycles. The van der Waals surface area contributed by atoms with Gasteiger partial charge in [-0.15, -0.1) is 0 Å². The molecule has 2 fully saturated rings. The number of esters is 1. The van der Waals surface area contributed by atoms with E-state index in [4.69, 9.17) is 9.47 Å². The standard InChI is InChI=1S/C16H22N2O3/c1-2-21-16(19)14-13-8-11-7-12(11)15(13)18(17-14)9-10-3-5-20-6-4-10/h10-12H,2-9H2,1H3. The number of carbonyl (C=O) groups excluding carboxylic acids is 1. The predicted octanol–water partition coefficient (Wildman–Crippen LogP) is 2.15. The molecule has 1 saturated heterocycles. The van der Waals surface area contributed by atoms with Gasteiger partial charge in [0, 0.05) is 36.9 Å². The molecule has 5 heteroatoms. The van der Waals surface area contributed by atoms with Gasteiger partial charge in [0.05, 0.1) is 6.61 Å². The molecule has 2 aliphatic carbocycles. The topological polar surface area (TPSA) is 53.3 Å². The van der Waals surface area contributed by atoms with Crippen molar-refractivity contribution < 1.29 is 14.3 Å². The highest BCUT2D eigenvalue weighted by Gasteiger charge is 2.50. The second kappa shape index (κ2) is 5.13. The summed E-state index contributed by atoms with van der Waals surface area (Å²) in [5, 5.41) is 4.62. The number of ether oxygens (including phenoxy) is 2. The minimum atomic E-state index is -0.249. The Bertz CT molecular complexity index is 560. The smallest absolute Gasteiger partial charge is 0.359 e. The lowest BCUT2D eigenvalue weighted by molar-refractivity contribution is 0.0511. The van der Waals surface area contributed by atoms with Gasteiger partial charge < -0.3 is 9.47 Å². The molecule has 2 unspecified atom stereocenters. The minimum absolute atomic E-state index is 0.249. The molecule has 0 radical (unpaired) electrons. The Hall–Kier alpha value is -1.36. The van der Waals surface area contributed by atoms with E-state index < -0.39 is 0 Å². The van der Waals surface area contributed by atoms with Crippen LogP contribution in [0.3, 0.4) is 0 Å². The van der Waals surface area contributed by atoms with Crippen molar-refractivity contribution in [1.29, 1.82) is 0 Å². The van der Waals surface area contributed by atoms with E-state index in [0.29, 0.717) is 24.1 Å². The maximum absolute atomic E-state index is 12.1. The van der Waals surface area contributed by atoms with E-state index in [1.54, 1.807) is 0 Å². The third-order valence-corrected chi connectivity index (χ3v) is 5.07. The lowest BCUT2D eigenvalue weighted by Gasteiger charge is -2.22. The molecule has 1 aromatic rings. The molecule has 21 heavy (non-hydrogen) atoms. The zero-order chi connectivity index (χ0) is 14.4. The van der Waals surface area contributed by atoms with Crippen LogP contribution in [-0.2, 0) is 22.4 Å². The second-order valence-electron chi connectivity index (χ2n) is 6.48. The molecule has 3 aliphatic rings. The fourth-order valence-corrected chi connectivity index (χ4v) is 3.87. The monoisotopic (exact) mass is 290 g/mol. The number of hydrogen-bond donors (Lipinski definition) is 0. The SMILES string of the molecule is CCOC(=O)c1nn(CC2CCOCC2)c2c1CC1CC21. The van der Waals surface area contributed by atoms with Gasteiger partial charge in [-0.2, -0.15) is 5.10 Å². The summed E-state index contributed by atoms with van der Waals surface area (Å²) in [4.78, 5) is 12.1. The van der Waals surface area contributed by atoms with Crippen LogP contribution in [0.5, 0.6) is 0 Å². The fourth-order valence-electron chi connectivity index (χ4n) is 3.87. The van der Waals surface area contributed by atoms with Crippen molar-refractivity contribution >= 4 is 5.97 Å². The average Bonchev–Trinajstić information content (AvgIpc) is 3.01. The van der Waals surface area contributed by atoms with Crippen molar-refractivity contribution in [3.05, 3.63) is 17.0 Å². The number of rotatable bonds is 4. The summed E-state index contributed by atoms with van der Waals surface area (Å²) >= 11 is 0. The Kier molecular flexibility index (Phi) is 3.25. The van der Waals surface area contributed by atoms with Crippen LogP contribution in [0.1, 0.15) is 53.8 Å². The summed E-state index contributed by atoms with van der Waals surface area (Å²) in [6.45, 7) is 4.88. The normalized spacial score (nSPS) is 27.3. The Balaban J connectivity index is 1.61. The maximum Gasteiger partial charge on any atom is 0.359 e. The molecule has 4 rings (SSSR count). The molecular formula is C16H22N2O3. The summed E-state index contributed by atoms with van der Waals surface area (Å²) in [5.41, 5.74) is 3.07. The first kappa shape index (κ1) is 13.3. The second-order valence-corrected chi connectivity index (χ2v) is 6.48. The van der Waals surface area contributed by atoms with E-state index in [9.17, 15) is 4.79 Å². The summed E-state index contributed by atoms with van der Waals surface area (Å²) in [5.74, 6) is 1.78.